The van der Waals surface area contributed by atoms with Crippen LogP contribution in [0.4, 0.5) is 5.69 Å². The Balaban J connectivity index is 0.000000283. The number of amides is 1. The Morgan fingerprint density at radius 2 is 1.43 bits per heavy atom. The van der Waals surface area contributed by atoms with Gasteiger partial charge < -0.3 is 10.2 Å². The van der Waals surface area contributed by atoms with Crippen molar-refractivity contribution in [3.8, 4) is 5.75 Å². The van der Waals surface area contributed by atoms with Crippen LogP contribution in [-0.2, 0) is 8.53 Å². The average molecular weight is 455 g/mol. The molecule has 0 heterocycles. The first kappa shape index (κ1) is 23.0. The van der Waals surface area contributed by atoms with Crippen LogP contribution in [0.15, 0.2) is 36.4 Å². The van der Waals surface area contributed by atoms with Crippen molar-refractivity contribution in [1.29, 1.82) is 0 Å². The second kappa shape index (κ2) is 9.22. The van der Waals surface area contributed by atoms with Gasteiger partial charge in [-0.05, 0) is 30.7 Å². The van der Waals surface area contributed by atoms with Gasteiger partial charge >= 0.3 is 100 Å². The van der Waals surface area contributed by atoms with Crippen molar-refractivity contribution in [3.63, 3.8) is 0 Å². The Labute approximate surface area is 162 Å². The number of benzene rings is 2. The number of carbonyl (C=O) groups is 3. The van der Waals surface area contributed by atoms with E-state index in [9.17, 15) is 23.2 Å². The maximum absolute atomic E-state index is 11.0. The van der Waals surface area contributed by atoms with E-state index in [0.29, 0.717) is 5.56 Å². The molecule has 11 heteroatoms. The average Bonchev–Trinajstić information content (AvgIpc) is 2.55. The first-order valence-electron chi connectivity index (χ1n) is 7.56. The number of carboxylic acids is 2. The van der Waals surface area contributed by atoms with Crippen LogP contribution < -0.4 is 9.67 Å². The van der Waals surface area contributed by atoms with Crippen LogP contribution in [-0.4, -0.2) is 55.5 Å². The number of phenols is 1. The van der Waals surface area contributed by atoms with Gasteiger partial charge in [-0.25, -0.2) is 9.59 Å². The van der Waals surface area contributed by atoms with E-state index >= 15 is 0 Å². The number of aromatic carboxylic acids is 2. The van der Waals surface area contributed by atoms with Crippen molar-refractivity contribution in [1.82, 2.24) is 0 Å². The number of aryl methyl sites for hydroxylation is 1. The molecule has 0 aliphatic rings. The minimum Gasteiger partial charge on any atom is -0.478 e. The van der Waals surface area contributed by atoms with Gasteiger partial charge in [0.1, 0.15) is 0 Å². The van der Waals surface area contributed by atoms with Gasteiger partial charge in [0.25, 0.3) is 0 Å². The number of aromatic hydroxyl groups is 1. The molecule has 0 atom stereocenters. The van der Waals surface area contributed by atoms with Crippen LogP contribution in [0.2, 0.25) is 0 Å². The first-order valence-corrected chi connectivity index (χ1v) is 10.9. The summed E-state index contributed by atoms with van der Waals surface area (Å²) in [6.07, 6.45) is 0. The van der Waals surface area contributed by atoms with E-state index in [2.05, 4.69) is 5.32 Å². The van der Waals surface area contributed by atoms with Crippen molar-refractivity contribution in [2.45, 2.75) is 13.8 Å². The molecule has 28 heavy (non-hydrogen) atoms. The summed E-state index contributed by atoms with van der Waals surface area (Å²) in [4.78, 5) is 31.8. The Morgan fingerprint density at radius 3 is 1.82 bits per heavy atom. The summed E-state index contributed by atoms with van der Waals surface area (Å²) >= 11 is -5.15. The molecule has 0 radical (unpaired) electrons. The van der Waals surface area contributed by atoms with E-state index < -0.39 is 36.2 Å². The van der Waals surface area contributed by atoms with E-state index in [4.69, 9.17) is 18.4 Å². The first-order chi connectivity index (χ1) is 12.8. The molecule has 0 spiro atoms. The summed E-state index contributed by atoms with van der Waals surface area (Å²) in [5.74, 6) is -3.07. The molecule has 0 bridgehead atoms. The number of anilines is 1. The summed E-state index contributed by atoms with van der Waals surface area (Å²) in [6, 6.07) is 7.53. The maximum atomic E-state index is 11.0. The molecule has 0 saturated carbocycles. The zero-order valence-corrected chi connectivity index (χ0v) is 16.7. The molecule has 2 aromatic rings. The van der Waals surface area contributed by atoms with Gasteiger partial charge in [0.05, 0.1) is 11.1 Å². The largest absolute Gasteiger partial charge is 0.478 e. The molecule has 0 aromatic heterocycles. The van der Waals surface area contributed by atoms with Crippen molar-refractivity contribution in [3.05, 3.63) is 53.1 Å². The van der Waals surface area contributed by atoms with Gasteiger partial charge in [0, 0.05) is 0 Å². The van der Waals surface area contributed by atoms with E-state index in [-0.39, 0.29) is 22.7 Å². The topological polar surface area (TPSA) is 181 Å². The van der Waals surface area contributed by atoms with Crippen LogP contribution in [0.1, 0.15) is 33.2 Å². The number of nitrogens with one attached hydrogen (secondary N) is 1. The minimum atomic E-state index is -5.15. The Morgan fingerprint density at radius 1 is 0.929 bits per heavy atom. The molecule has 0 aliphatic heterocycles. The standard InChI is InChI=1S/C9H8O4.C8H10AsNO5/c1-5-2-6(8(10)11)4-7(3-5)9(12)13;1-5(11)10-6-2-3-8(12)7(4-6)9(13,14)15/h2-4H,1H3,(H,10,11)(H,12,13);2-4,12H,1H3,(H,10,11)(H2,13,14,15). The second-order valence-electron chi connectivity index (χ2n) is 5.63. The monoisotopic (exact) mass is 455 g/mol. The smallest absolute Gasteiger partial charge is 0.335 e. The molecule has 10 nitrogen and oxygen atoms in total. The van der Waals surface area contributed by atoms with Crippen LogP contribution in [0.5, 0.6) is 5.75 Å². The number of rotatable bonds is 4. The third-order valence-corrected chi connectivity index (χ3v) is 5.25. The summed E-state index contributed by atoms with van der Waals surface area (Å²) in [5, 5.41) is 28.8. The molecular formula is C17H18AsNO9. The Kier molecular flexibility index (Phi) is 7.57. The number of hydrogen-bond acceptors (Lipinski definition) is 5. The fraction of sp³-hybridized carbons (Fsp3) is 0.118. The van der Waals surface area contributed by atoms with E-state index in [1.165, 1.54) is 25.1 Å². The van der Waals surface area contributed by atoms with Gasteiger partial charge in [-0.2, -0.15) is 0 Å². The van der Waals surface area contributed by atoms with E-state index in [0.717, 1.165) is 18.2 Å². The molecule has 2 rings (SSSR count). The number of carboxylic acid groups (broad SMARTS) is 2. The quantitative estimate of drug-likeness (QED) is 0.279. The molecular weight excluding hydrogens is 437 g/mol. The normalized spacial score (nSPS) is 10.4. The molecule has 6 N–H and O–H groups in total. The van der Waals surface area contributed by atoms with Crippen LogP contribution in [0.25, 0.3) is 0 Å². The van der Waals surface area contributed by atoms with Crippen LogP contribution in [0.3, 0.4) is 0 Å². The third kappa shape index (κ3) is 6.92. The third-order valence-electron chi connectivity index (χ3n) is 3.18. The van der Waals surface area contributed by atoms with E-state index in [1.54, 1.807) is 6.92 Å². The summed E-state index contributed by atoms with van der Waals surface area (Å²) < 4.78 is 28.4. The molecule has 0 aliphatic carbocycles. The Bertz CT molecular complexity index is 933. The number of hydrogen-bond donors (Lipinski definition) is 6. The van der Waals surface area contributed by atoms with Crippen LogP contribution in [0, 0.1) is 6.92 Å². The summed E-state index contributed by atoms with van der Waals surface area (Å²) in [6.45, 7) is 2.92. The van der Waals surface area contributed by atoms with Crippen molar-refractivity contribution < 1.29 is 41.6 Å². The molecule has 0 saturated heterocycles. The van der Waals surface area contributed by atoms with Crippen molar-refractivity contribution in [2.75, 3.05) is 5.32 Å². The van der Waals surface area contributed by atoms with Gasteiger partial charge in [0.2, 0.25) is 0 Å². The maximum Gasteiger partial charge on any atom is 0.335 e. The molecule has 2 aromatic carbocycles. The molecule has 150 valence electrons. The number of phenolic OH excluding ortho intramolecular Hbond substituents is 1. The SMILES string of the molecule is CC(=O)Nc1ccc(O)c([As](=O)(O)O)c1.Cc1cc(C(=O)O)cc(C(=O)O)c1. The van der Waals surface area contributed by atoms with Gasteiger partial charge in [-0.1, -0.05) is 0 Å². The van der Waals surface area contributed by atoms with Gasteiger partial charge in [-0.3, -0.25) is 0 Å². The molecule has 0 unspecified atom stereocenters. The second-order valence-corrected chi connectivity index (χ2v) is 8.92. The zero-order valence-electron chi connectivity index (χ0n) is 14.8. The zero-order chi connectivity index (χ0) is 21.6. The fourth-order valence-electron chi connectivity index (χ4n) is 2.07. The summed E-state index contributed by atoms with van der Waals surface area (Å²) in [7, 11) is 0. The molecule has 1 amide bonds. The predicted octanol–water partition coefficient (Wildman–Crippen LogP) is 0.303. The predicted molar refractivity (Wildman–Crippen MR) is 98.0 cm³/mol. The minimum absolute atomic E-state index is 0.00241. The van der Waals surface area contributed by atoms with E-state index in [1.807, 2.05) is 0 Å². The number of carbonyl (C=O) groups excluding carboxylic acids is 1. The van der Waals surface area contributed by atoms with Gasteiger partial charge in [-0.15, -0.1) is 0 Å². The van der Waals surface area contributed by atoms with Crippen LogP contribution >= 0.6 is 0 Å². The summed E-state index contributed by atoms with van der Waals surface area (Å²) in [5.41, 5.74) is 0.854. The van der Waals surface area contributed by atoms with Crippen molar-refractivity contribution in [2.24, 2.45) is 0 Å². The van der Waals surface area contributed by atoms with Gasteiger partial charge in [0.15, 0.2) is 0 Å². The van der Waals surface area contributed by atoms with Crippen molar-refractivity contribution >= 4 is 42.1 Å². The Hall–Kier alpha value is -3.07. The fourth-order valence-corrected chi connectivity index (χ4v) is 3.49. The molecule has 0 fully saturated rings.